The number of hydrogen-bond donors (Lipinski definition) is 1. The number of aliphatic hydroxyl groups excluding tert-OH is 1. The Labute approximate surface area is 251 Å². The summed E-state index contributed by atoms with van der Waals surface area (Å²) < 4.78 is 12.2. The molecule has 0 radical (unpaired) electrons. The summed E-state index contributed by atoms with van der Waals surface area (Å²) >= 11 is 6.64. The predicted molar refractivity (Wildman–Crippen MR) is 160 cm³/mol. The zero-order chi connectivity index (χ0) is 30.0. The number of aryl methyl sites for hydroxylation is 1. The van der Waals surface area contributed by atoms with E-state index >= 15 is 0 Å². The van der Waals surface area contributed by atoms with Crippen LogP contribution in [0.3, 0.4) is 0 Å². The van der Waals surface area contributed by atoms with Gasteiger partial charge in [-0.3, -0.25) is 14.4 Å². The number of likely N-dealkylation sites (tertiary alicyclic amines) is 1. The summed E-state index contributed by atoms with van der Waals surface area (Å²) in [4.78, 5) is 45.8. The molecule has 0 aliphatic carbocycles. The summed E-state index contributed by atoms with van der Waals surface area (Å²) in [7, 11) is 0. The summed E-state index contributed by atoms with van der Waals surface area (Å²) in [5.74, 6) is -3.08. The van der Waals surface area contributed by atoms with E-state index in [4.69, 9.17) is 21.1 Å². The van der Waals surface area contributed by atoms with Crippen LogP contribution < -0.4 is 4.90 Å². The Balaban J connectivity index is 1.61. The van der Waals surface area contributed by atoms with E-state index in [1.165, 1.54) is 9.80 Å². The lowest BCUT2D eigenvalue weighted by Gasteiger charge is -2.39. The summed E-state index contributed by atoms with van der Waals surface area (Å²) in [6.45, 7) is 9.34. The van der Waals surface area contributed by atoms with Crippen molar-refractivity contribution in [1.29, 1.82) is 0 Å². The van der Waals surface area contributed by atoms with Gasteiger partial charge < -0.3 is 24.4 Å². The number of amides is 2. The third-order valence-corrected chi connectivity index (χ3v) is 9.08. The molecule has 8 nitrogen and oxygen atoms in total. The number of esters is 1. The molecule has 0 aromatic heterocycles. The number of aliphatic hydroxyl groups is 1. The number of unbranched alkanes of at least 4 members (excludes halogenated alkanes) is 1. The normalized spacial score (nSPS) is 26.5. The molecule has 2 amide bonds. The number of hydrogen-bond acceptors (Lipinski definition) is 6. The molecule has 3 heterocycles. The number of ether oxygens (including phenoxy) is 2. The van der Waals surface area contributed by atoms with Crippen molar-refractivity contribution in [2.75, 3.05) is 24.7 Å². The average Bonchev–Trinajstić information content (AvgIpc) is 3.63. The molecule has 2 bridgehead atoms. The largest absolute Gasteiger partial charge is 0.465 e. The molecular formula is C33H37ClN2O6. The Morgan fingerprint density at radius 1 is 1.21 bits per heavy atom. The molecule has 2 unspecified atom stereocenters. The van der Waals surface area contributed by atoms with Crippen molar-refractivity contribution in [2.45, 2.75) is 56.4 Å². The van der Waals surface area contributed by atoms with Crippen molar-refractivity contribution in [1.82, 2.24) is 4.90 Å². The monoisotopic (exact) mass is 592 g/mol. The molecule has 0 saturated carbocycles. The van der Waals surface area contributed by atoms with Gasteiger partial charge in [-0.15, -0.1) is 13.2 Å². The lowest BCUT2D eigenvalue weighted by Crippen LogP contribution is -2.57. The number of halogens is 1. The number of carbonyl (C=O) groups is 3. The Morgan fingerprint density at radius 3 is 2.64 bits per heavy atom. The second kappa shape index (κ2) is 12.4. The fraction of sp³-hybridized carbons (Fsp3) is 0.424. The van der Waals surface area contributed by atoms with Crippen LogP contribution in [-0.2, 0) is 23.9 Å². The molecule has 9 heteroatoms. The van der Waals surface area contributed by atoms with Crippen molar-refractivity contribution in [2.24, 2.45) is 11.8 Å². The maximum Gasteiger partial charge on any atom is 0.312 e. The van der Waals surface area contributed by atoms with Crippen molar-refractivity contribution in [3.63, 3.8) is 0 Å². The smallest absolute Gasteiger partial charge is 0.312 e. The zero-order valence-electron chi connectivity index (χ0n) is 23.8. The van der Waals surface area contributed by atoms with E-state index in [1.54, 1.807) is 18.2 Å². The van der Waals surface area contributed by atoms with Crippen molar-refractivity contribution in [3.8, 4) is 0 Å². The van der Waals surface area contributed by atoms with Gasteiger partial charge in [-0.2, -0.15) is 0 Å². The van der Waals surface area contributed by atoms with Gasteiger partial charge in [-0.05, 0) is 49.8 Å². The molecule has 3 saturated heterocycles. The fourth-order valence-corrected chi connectivity index (χ4v) is 7.36. The van der Waals surface area contributed by atoms with E-state index < -0.39 is 60.0 Å². The number of allylic oxidation sites excluding steroid dienone is 1. The van der Waals surface area contributed by atoms with E-state index in [0.717, 1.165) is 5.56 Å². The minimum absolute atomic E-state index is 0.135. The summed E-state index contributed by atoms with van der Waals surface area (Å²) in [5, 5.41) is 11.1. The van der Waals surface area contributed by atoms with E-state index in [1.807, 2.05) is 49.4 Å². The van der Waals surface area contributed by atoms with E-state index in [0.29, 0.717) is 42.0 Å². The predicted octanol–water partition coefficient (Wildman–Crippen LogP) is 4.79. The number of para-hydroxylation sites is 1. The lowest BCUT2D eigenvalue weighted by atomic mass is 9.70. The number of nitrogens with zero attached hydrogens (tertiary/aromatic N) is 2. The molecular weight excluding hydrogens is 556 g/mol. The first kappa shape index (κ1) is 30.0. The topological polar surface area (TPSA) is 96.4 Å². The maximum absolute atomic E-state index is 14.8. The molecule has 1 N–H and O–H groups in total. The fourth-order valence-electron chi connectivity index (χ4n) is 7.03. The Morgan fingerprint density at radius 2 is 1.98 bits per heavy atom. The van der Waals surface area contributed by atoms with Crippen LogP contribution in [-0.4, -0.2) is 65.3 Å². The molecule has 3 aliphatic heterocycles. The molecule has 6 atom stereocenters. The minimum Gasteiger partial charge on any atom is -0.465 e. The molecule has 2 aromatic carbocycles. The van der Waals surface area contributed by atoms with Crippen molar-refractivity contribution in [3.05, 3.63) is 90.0 Å². The van der Waals surface area contributed by atoms with Crippen molar-refractivity contribution >= 4 is 35.1 Å². The number of anilines is 1. The van der Waals surface area contributed by atoms with Crippen LogP contribution >= 0.6 is 11.6 Å². The third kappa shape index (κ3) is 4.95. The van der Waals surface area contributed by atoms with Crippen LogP contribution in [0.4, 0.5) is 5.69 Å². The first-order valence-electron chi connectivity index (χ1n) is 14.4. The Kier molecular flexibility index (Phi) is 8.87. The zero-order valence-corrected chi connectivity index (χ0v) is 24.5. The quantitative estimate of drug-likeness (QED) is 0.216. The maximum atomic E-state index is 14.8. The summed E-state index contributed by atoms with van der Waals surface area (Å²) in [5.41, 5.74) is 0.703. The van der Waals surface area contributed by atoms with Gasteiger partial charge in [0.25, 0.3) is 5.91 Å². The second-order valence-corrected chi connectivity index (χ2v) is 11.6. The number of carbonyl (C=O) groups excluding carboxylic acids is 3. The first-order valence-corrected chi connectivity index (χ1v) is 14.8. The molecule has 1 spiro atoms. The Bertz CT molecular complexity index is 1350. The van der Waals surface area contributed by atoms with Gasteiger partial charge in [-0.25, -0.2) is 0 Å². The highest BCUT2D eigenvalue weighted by molar-refractivity contribution is 6.34. The highest BCUT2D eigenvalue weighted by Crippen LogP contribution is 2.60. The number of benzene rings is 2. The standard InChI is InChI=1S/C33H37ClN2O6/c1-4-6-10-19-41-32(40)26-25-16-17-33(42-25)27(26)30(38)36(24(20-37)22-13-8-7-9-14-22)29(33)31(39)35(18-5-2)28-21(3)12-11-15-23(28)34/h4-5,7-9,11-15,24-27,29,37H,1-2,6,10,16-20H2,3H3/t24-,25-,26+,27+,29?,33?/m1/s1. The minimum atomic E-state index is -1.26. The van der Waals surface area contributed by atoms with E-state index in [-0.39, 0.29) is 13.2 Å². The third-order valence-electron chi connectivity index (χ3n) is 8.77. The number of rotatable bonds is 12. The summed E-state index contributed by atoms with van der Waals surface area (Å²) in [6.07, 6.45) is 5.07. The first-order chi connectivity index (χ1) is 20.3. The Hall–Kier alpha value is -3.46. The lowest BCUT2D eigenvalue weighted by molar-refractivity contribution is -0.156. The molecule has 5 rings (SSSR count). The van der Waals surface area contributed by atoms with Gasteiger partial charge in [0.1, 0.15) is 11.6 Å². The van der Waals surface area contributed by atoms with Gasteiger partial charge >= 0.3 is 5.97 Å². The summed E-state index contributed by atoms with van der Waals surface area (Å²) in [6, 6.07) is 12.5. The molecule has 42 heavy (non-hydrogen) atoms. The second-order valence-electron chi connectivity index (χ2n) is 11.2. The van der Waals surface area contributed by atoms with E-state index in [9.17, 15) is 19.5 Å². The van der Waals surface area contributed by atoms with Crippen LogP contribution in [0.5, 0.6) is 0 Å². The van der Waals surface area contributed by atoms with Crippen LogP contribution in [0.25, 0.3) is 0 Å². The molecule has 3 fully saturated rings. The highest BCUT2D eigenvalue weighted by atomic mass is 35.5. The van der Waals surface area contributed by atoms with Gasteiger partial charge in [0, 0.05) is 6.54 Å². The van der Waals surface area contributed by atoms with Crippen LogP contribution in [0, 0.1) is 18.8 Å². The van der Waals surface area contributed by atoms with Crippen LogP contribution in [0.15, 0.2) is 73.8 Å². The van der Waals surface area contributed by atoms with Gasteiger partial charge in [0.15, 0.2) is 0 Å². The molecule has 222 valence electrons. The van der Waals surface area contributed by atoms with Gasteiger partial charge in [0.2, 0.25) is 5.91 Å². The van der Waals surface area contributed by atoms with Crippen LogP contribution in [0.2, 0.25) is 5.02 Å². The van der Waals surface area contributed by atoms with Gasteiger partial charge in [0.05, 0.1) is 47.9 Å². The van der Waals surface area contributed by atoms with E-state index in [2.05, 4.69) is 13.2 Å². The number of fused-ring (bicyclic) bond motifs is 1. The molecule has 2 aromatic rings. The SMILES string of the molecule is C=CCCCOC(=O)[C@@H]1[C@H]2C(=O)N([C@H](CO)c3ccccc3)C(C(=O)N(CC=C)c3c(C)cccc3Cl)C23CC[C@H]1O3. The molecule has 3 aliphatic rings. The van der Waals surface area contributed by atoms with Crippen molar-refractivity contribution < 1.29 is 29.0 Å². The van der Waals surface area contributed by atoms with Gasteiger partial charge in [-0.1, -0.05) is 66.2 Å². The van der Waals surface area contributed by atoms with Crippen LogP contribution in [0.1, 0.15) is 42.9 Å². The average molecular weight is 593 g/mol. The highest BCUT2D eigenvalue weighted by Gasteiger charge is 2.75.